The predicted octanol–water partition coefficient (Wildman–Crippen LogP) is 2.91. The van der Waals surface area contributed by atoms with Crippen LogP contribution in [0.3, 0.4) is 0 Å². The molecule has 2 aromatic rings. The first-order valence-electron chi connectivity index (χ1n) is 6.61. The number of rotatable bonds is 4. The lowest BCUT2D eigenvalue weighted by molar-refractivity contribution is 0.470. The van der Waals surface area contributed by atoms with Gasteiger partial charge >= 0.3 is 0 Å². The lowest BCUT2D eigenvalue weighted by Crippen LogP contribution is -2.40. The van der Waals surface area contributed by atoms with Crippen molar-refractivity contribution in [2.75, 3.05) is 0 Å². The van der Waals surface area contributed by atoms with E-state index in [0.717, 1.165) is 11.1 Å². The summed E-state index contributed by atoms with van der Waals surface area (Å²) in [6.07, 6.45) is 0. The minimum absolute atomic E-state index is 0.0340. The van der Waals surface area contributed by atoms with Gasteiger partial charge < -0.3 is 5.11 Å². The third kappa shape index (κ3) is 3.62. The smallest absolute Gasteiger partial charge is 0.241 e. The molecule has 2 rings (SSSR count). The third-order valence-electron chi connectivity index (χ3n) is 3.31. The molecule has 0 bridgehead atoms. The zero-order chi connectivity index (χ0) is 15.7. The molecule has 21 heavy (non-hydrogen) atoms. The molecule has 0 saturated carbocycles. The van der Waals surface area contributed by atoms with Crippen molar-refractivity contribution in [1.82, 2.24) is 4.72 Å². The van der Waals surface area contributed by atoms with E-state index >= 15 is 0 Å². The molecule has 0 fully saturated rings. The Hall–Kier alpha value is -1.85. The van der Waals surface area contributed by atoms with Crippen LogP contribution in [0, 0.1) is 6.92 Å². The highest BCUT2D eigenvalue weighted by molar-refractivity contribution is 7.89. The summed E-state index contributed by atoms with van der Waals surface area (Å²) >= 11 is 0. The Morgan fingerprint density at radius 3 is 2.00 bits per heavy atom. The number of aromatic hydroxyl groups is 1. The SMILES string of the molecule is Cc1ccc(C(C)(C)NS(=O)(=O)c2ccc(O)cc2)cc1. The van der Waals surface area contributed by atoms with Gasteiger partial charge in [0.1, 0.15) is 5.75 Å². The molecule has 2 N–H and O–H groups in total. The van der Waals surface area contributed by atoms with Crippen LogP contribution in [-0.4, -0.2) is 13.5 Å². The summed E-state index contributed by atoms with van der Waals surface area (Å²) < 4.78 is 27.5. The van der Waals surface area contributed by atoms with Gasteiger partial charge in [0.05, 0.1) is 10.4 Å². The van der Waals surface area contributed by atoms with E-state index in [9.17, 15) is 13.5 Å². The van der Waals surface area contributed by atoms with Gasteiger partial charge in [-0.15, -0.1) is 0 Å². The molecule has 0 saturated heterocycles. The highest BCUT2D eigenvalue weighted by Crippen LogP contribution is 2.24. The van der Waals surface area contributed by atoms with Gasteiger partial charge in [0.15, 0.2) is 0 Å². The lowest BCUT2D eigenvalue weighted by atomic mass is 9.95. The topological polar surface area (TPSA) is 66.4 Å². The Morgan fingerprint density at radius 2 is 1.48 bits per heavy atom. The van der Waals surface area contributed by atoms with Gasteiger partial charge in [0.25, 0.3) is 0 Å². The van der Waals surface area contributed by atoms with Gasteiger partial charge in [-0.25, -0.2) is 13.1 Å². The molecule has 0 atom stereocenters. The zero-order valence-electron chi connectivity index (χ0n) is 12.3. The molecule has 2 aromatic carbocycles. The summed E-state index contributed by atoms with van der Waals surface area (Å²) in [6, 6.07) is 13.2. The quantitative estimate of drug-likeness (QED) is 0.912. The number of sulfonamides is 1. The molecule has 0 aliphatic heterocycles. The number of phenolic OH excluding ortho intramolecular Hbond substituents is 1. The number of phenols is 1. The van der Waals surface area contributed by atoms with E-state index in [1.54, 1.807) is 0 Å². The number of nitrogens with one attached hydrogen (secondary N) is 1. The van der Waals surface area contributed by atoms with E-state index < -0.39 is 15.6 Å². The average Bonchev–Trinajstić information content (AvgIpc) is 2.38. The Labute approximate surface area is 125 Å². The third-order valence-corrected chi connectivity index (χ3v) is 4.98. The van der Waals surface area contributed by atoms with Crippen LogP contribution in [0.25, 0.3) is 0 Å². The van der Waals surface area contributed by atoms with Crippen molar-refractivity contribution in [1.29, 1.82) is 0 Å². The second kappa shape index (κ2) is 5.50. The van der Waals surface area contributed by atoms with Gasteiger partial charge in [-0.1, -0.05) is 29.8 Å². The van der Waals surface area contributed by atoms with Crippen molar-refractivity contribution in [3.8, 4) is 5.75 Å². The van der Waals surface area contributed by atoms with Gasteiger partial charge in [0, 0.05) is 0 Å². The molecular weight excluding hydrogens is 286 g/mol. The fraction of sp³-hybridized carbons (Fsp3) is 0.250. The molecule has 0 spiro atoms. The first-order valence-corrected chi connectivity index (χ1v) is 8.09. The molecule has 0 amide bonds. The Kier molecular flexibility index (Phi) is 4.07. The Bertz CT molecular complexity index is 717. The number of hydrogen-bond donors (Lipinski definition) is 2. The zero-order valence-corrected chi connectivity index (χ0v) is 13.1. The molecule has 0 aliphatic rings. The van der Waals surface area contributed by atoms with Crippen molar-refractivity contribution < 1.29 is 13.5 Å². The van der Waals surface area contributed by atoms with Gasteiger partial charge in [-0.05, 0) is 50.6 Å². The average molecular weight is 305 g/mol. The molecular formula is C16H19NO3S. The standard InChI is InChI=1S/C16H19NO3S/c1-12-4-6-13(7-5-12)16(2,3)17-21(19,20)15-10-8-14(18)9-11-15/h4-11,17-18H,1-3H3. The number of hydrogen-bond acceptors (Lipinski definition) is 3. The molecule has 0 unspecified atom stereocenters. The summed E-state index contributed by atoms with van der Waals surface area (Å²) in [5, 5.41) is 9.24. The van der Waals surface area contributed by atoms with E-state index in [2.05, 4.69) is 4.72 Å². The van der Waals surface area contributed by atoms with Crippen molar-refractivity contribution in [2.45, 2.75) is 31.2 Å². The Balaban J connectivity index is 2.30. The van der Waals surface area contributed by atoms with E-state index in [-0.39, 0.29) is 10.6 Å². The lowest BCUT2D eigenvalue weighted by Gasteiger charge is -2.26. The largest absolute Gasteiger partial charge is 0.508 e. The minimum Gasteiger partial charge on any atom is -0.508 e. The second-order valence-corrected chi connectivity index (χ2v) is 7.27. The maximum atomic E-state index is 12.4. The molecule has 0 radical (unpaired) electrons. The second-order valence-electron chi connectivity index (χ2n) is 5.59. The van der Waals surface area contributed by atoms with E-state index in [1.807, 2.05) is 45.0 Å². The van der Waals surface area contributed by atoms with Crippen LogP contribution < -0.4 is 4.72 Å². The fourth-order valence-corrected chi connectivity index (χ4v) is 3.45. The van der Waals surface area contributed by atoms with Crippen LogP contribution in [0.5, 0.6) is 5.75 Å². The van der Waals surface area contributed by atoms with Crippen LogP contribution in [0.15, 0.2) is 53.4 Å². The van der Waals surface area contributed by atoms with Crippen LogP contribution in [-0.2, 0) is 15.6 Å². The van der Waals surface area contributed by atoms with Crippen molar-refractivity contribution in [3.05, 3.63) is 59.7 Å². The normalized spacial score (nSPS) is 12.3. The molecule has 112 valence electrons. The van der Waals surface area contributed by atoms with E-state index in [1.165, 1.54) is 24.3 Å². The maximum absolute atomic E-state index is 12.4. The summed E-state index contributed by atoms with van der Waals surface area (Å²) in [5.74, 6) is 0.0340. The molecule has 0 heterocycles. The highest BCUT2D eigenvalue weighted by Gasteiger charge is 2.27. The first-order chi connectivity index (χ1) is 9.71. The van der Waals surface area contributed by atoms with Crippen LogP contribution in [0.4, 0.5) is 0 Å². The van der Waals surface area contributed by atoms with Crippen LogP contribution in [0.2, 0.25) is 0 Å². The molecule has 0 aliphatic carbocycles. The molecule has 4 nitrogen and oxygen atoms in total. The van der Waals surface area contributed by atoms with Gasteiger partial charge in [0.2, 0.25) is 10.0 Å². The summed E-state index contributed by atoms with van der Waals surface area (Å²) in [4.78, 5) is 0.125. The van der Waals surface area contributed by atoms with Crippen LogP contribution >= 0.6 is 0 Å². The summed E-state index contributed by atoms with van der Waals surface area (Å²) in [6.45, 7) is 5.61. The predicted molar refractivity (Wildman–Crippen MR) is 82.6 cm³/mol. The highest BCUT2D eigenvalue weighted by atomic mass is 32.2. The monoisotopic (exact) mass is 305 g/mol. The number of benzene rings is 2. The van der Waals surface area contributed by atoms with Crippen LogP contribution in [0.1, 0.15) is 25.0 Å². The summed E-state index contributed by atoms with van der Waals surface area (Å²) in [7, 11) is -3.65. The van der Waals surface area contributed by atoms with Crippen molar-refractivity contribution in [3.63, 3.8) is 0 Å². The fourth-order valence-electron chi connectivity index (χ4n) is 2.05. The van der Waals surface area contributed by atoms with Gasteiger partial charge in [-0.3, -0.25) is 0 Å². The van der Waals surface area contributed by atoms with Crippen molar-refractivity contribution in [2.24, 2.45) is 0 Å². The molecule has 0 aromatic heterocycles. The Morgan fingerprint density at radius 1 is 0.952 bits per heavy atom. The summed E-state index contributed by atoms with van der Waals surface area (Å²) in [5.41, 5.74) is 1.27. The number of aryl methyl sites for hydroxylation is 1. The first kappa shape index (κ1) is 15.5. The van der Waals surface area contributed by atoms with E-state index in [0.29, 0.717) is 0 Å². The molecule has 5 heteroatoms. The minimum atomic E-state index is -3.65. The van der Waals surface area contributed by atoms with E-state index in [4.69, 9.17) is 0 Å². The van der Waals surface area contributed by atoms with Crippen molar-refractivity contribution >= 4 is 10.0 Å². The van der Waals surface area contributed by atoms with Gasteiger partial charge in [-0.2, -0.15) is 0 Å². The maximum Gasteiger partial charge on any atom is 0.241 e.